The first-order valence-corrected chi connectivity index (χ1v) is 15.5. The summed E-state index contributed by atoms with van der Waals surface area (Å²) >= 11 is 1.87. The third-order valence-corrected chi connectivity index (χ3v) is 9.05. The van der Waals surface area contributed by atoms with Crippen molar-refractivity contribution in [2.75, 3.05) is 45.6 Å². The summed E-state index contributed by atoms with van der Waals surface area (Å²) in [7, 11) is 1.75. The van der Waals surface area contributed by atoms with Crippen molar-refractivity contribution in [3.8, 4) is 0 Å². The molecule has 7 heteroatoms. The maximum Gasteiger partial charge on any atom is 0.407 e. The molecule has 1 fully saturated rings. The van der Waals surface area contributed by atoms with Crippen LogP contribution >= 0.6 is 11.8 Å². The molecule has 0 spiro atoms. The van der Waals surface area contributed by atoms with Crippen LogP contribution in [0.3, 0.4) is 0 Å². The molecule has 3 aromatic carbocycles. The number of thioether (sulfide) groups is 1. The number of benzene rings is 3. The van der Waals surface area contributed by atoms with Crippen LogP contribution in [0.1, 0.15) is 43.9 Å². The Balaban J connectivity index is 1.69. The fourth-order valence-corrected chi connectivity index (χ4v) is 7.02. The SMILES string of the molecule is COCC[C@H]1CNCCN1C[C@H](CSC(c1ccccc1)(c1ccccc1)c1ccccc1)NC(=O)OC(C)(C)C. The molecule has 1 amide bonds. The number of nitrogens with one attached hydrogen (secondary N) is 2. The van der Waals surface area contributed by atoms with E-state index in [0.29, 0.717) is 18.4 Å². The molecule has 1 saturated heterocycles. The van der Waals surface area contributed by atoms with Gasteiger partial charge in [0.1, 0.15) is 5.60 Å². The van der Waals surface area contributed by atoms with Gasteiger partial charge >= 0.3 is 6.09 Å². The molecule has 0 unspecified atom stereocenters. The summed E-state index contributed by atoms with van der Waals surface area (Å²) in [5, 5.41) is 6.77. The van der Waals surface area contributed by atoms with E-state index in [9.17, 15) is 4.79 Å². The Bertz CT molecular complexity index is 1090. The highest BCUT2D eigenvalue weighted by molar-refractivity contribution is 8.00. The van der Waals surface area contributed by atoms with Crippen molar-refractivity contribution < 1.29 is 14.3 Å². The fourth-order valence-electron chi connectivity index (χ4n) is 5.47. The normalized spacial score (nSPS) is 17.1. The largest absolute Gasteiger partial charge is 0.444 e. The average molecular weight is 576 g/mol. The van der Waals surface area contributed by atoms with Crippen molar-refractivity contribution >= 4 is 17.9 Å². The van der Waals surface area contributed by atoms with E-state index in [0.717, 1.165) is 32.6 Å². The maximum absolute atomic E-state index is 13.1. The van der Waals surface area contributed by atoms with Gasteiger partial charge < -0.3 is 20.1 Å². The van der Waals surface area contributed by atoms with E-state index in [1.54, 1.807) is 7.11 Å². The Morgan fingerprint density at radius 3 is 1.98 bits per heavy atom. The van der Waals surface area contributed by atoms with Gasteiger partial charge in [-0.05, 0) is 43.9 Å². The molecule has 41 heavy (non-hydrogen) atoms. The molecule has 4 rings (SSSR count). The molecule has 1 aliphatic rings. The summed E-state index contributed by atoms with van der Waals surface area (Å²) in [5.41, 5.74) is 3.05. The van der Waals surface area contributed by atoms with E-state index in [-0.39, 0.29) is 12.1 Å². The standard InChI is InChI=1S/C34H45N3O3S/c1-33(2,3)40-32(38)36-30(25-37-22-21-35-24-31(37)20-23-39-4)26-41-34(27-14-8-5-9-15-27,28-16-10-6-11-17-28)29-18-12-7-13-19-29/h5-19,30-31,35H,20-26H2,1-4H3,(H,36,38)/t30-,31+/m1/s1. The van der Waals surface area contributed by atoms with Gasteiger partial charge in [0.25, 0.3) is 0 Å². The number of alkyl carbamates (subject to hydrolysis) is 1. The minimum absolute atomic E-state index is 0.131. The lowest BCUT2D eigenvalue weighted by atomic mass is 9.84. The number of carbonyl (C=O) groups excluding carboxylic acids is 1. The van der Waals surface area contributed by atoms with Gasteiger partial charge in [0.05, 0.1) is 10.8 Å². The Kier molecular flexibility index (Phi) is 11.3. The number of ether oxygens (including phenoxy) is 2. The van der Waals surface area contributed by atoms with Crippen LogP contribution in [0, 0.1) is 0 Å². The van der Waals surface area contributed by atoms with E-state index < -0.39 is 10.3 Å². The number of hydrogen-bond acceptors (Lipinski definition) is 6. The third-order valence-electron chi connectivity index (χ3n) is 7.35. The second-order valence-corrected chi connectivity index (χ2v) is 12.8. The first-order valence-electron chi connectivity index (χ1n) is 14.6. The van der Waals surface area contributed by atoms with Crippen LogP contribution in [-0.4, -0.2) is 74.3 Å². The van der Waals surface area contributed by atoms with Gasteiger partial charge in [-0.15, -0.1) is 11.8 Å². The summed E-state index contributed by atoms with van der Waals surface area (Å²) in [4.78, 5) is 15.6. The van der Waals surface area contributed by atoms with Crippen LogP contribution < -0.4 is 10.6 Å². The number of piperazine rings is 1. The maximum atomic E-state index is 13.1. The van der Waals surface area contributed by atoms with Crippen LogP contribution in [0.4, 0.5) is 4.79 Å². The predicted molar refractivity (Wildman–Crippen MR) is 170 cm³/mol. The molecule has 3 aromatic rings. The monoisotopic (exact) mass is 575 g/mol. The van der Waals surface area contributed by atoms with Gasteiger partial charge in [-0.2, -0.15) is 0 Å². The quantitative estimate of drug-likeness (QED) is 0.262. The first-order chi connectivity index (χ1) is 19.8. The number of nitrogens with zero attached hydrogens (tertiary/aromatic N) is 1. The van der Waals surface area contributed by atoms with Crippen molar-refractivity contribution in [1.82, 2.24) is 15.5 Å². The number of rotatable bonds is 12. The summed E-state index contributed by atoms with van der Waals surface area (Å²) in [5.74, 6) is 0.693. The molecule has 6 nitrogen and oxygen atoms in total. The molecule has 1 aliphatic heterocycles. The van der Waals surface area contributed by atoms with Gasteiger partial charge in [0.2, 0.25) is 0 Å². The molecule has 2 N–H and O–H groups in total. The van der Waals surface area contributed by atoms with Crippen LogP contribution in [0.15, 0.2) is 91.0 Å². The molecule has 0 aliphatic carbocycles. The first kappa shape index (κ1) is 31.1. The summed E-state index contributed by atoms with van der Waals surface area (Å²) in [6.45, 7) is 9.91. The zero-order valence-corrected chi connectivity index (χ0v) is 25.7. The molecule has 220 valence electrons. The molecule has 0 aromatic heterocycles. The lowest BCUT2D eigenvalue weighted by Gasteiger charge is -2.40. The van der Waals surface area contributed by atoms with Gasteiger partial charge in [0, 0.05) is 51.7 Å². The van der Waals surface area contributed by atoms with E-state index >= 15 is 0 Å². The fraction of sp³-hybridized carbons (Fsp3) is 0.441. The Labute approximate surface area is 250 Å². The van der Waals surface area contributed by atoms with Crippen molar-refractivity contribution in [1.29, 1.82) is 0 Å². The topological polar surface area (TPSA) is 62.8 Å². The molecule has 1 heterocycles. The third kappa shape index (κ3) is 8.58. The second-order valence-electron chi connectivity index (χ2n) is 11.6. The highest BCUT2D eigenvalue weighted by Crippen LogP contribution is 2.48. The predicted octanol–water partition coefficient (Wildman–Crippen LogP) is 5.92. The van der Waals surface area contributed by atoms with E-state index in [2.05, 4.69) is 107 Å². The number of methoxy groups -OCH3 is 1. The van der Waals surface area contributed by atoms with Crippen molar-refractivity contribution in [2.24, 2.45) is 0 Å². The van der Waals surface area contributed by atoms with Crippen molar-refractivity contribution in [3.05, 3.63) is 108 Å². The zero-order valence-electron chi connectivity index (χ0n) is 24.8. The molecular weight excluding hydrogens is 530 g/mol. The lowest BCUT2D eigenvalue weighted by Crippen LogP contribution is -2.56. The van der Waals surface area contributed by atoms with E-state index in [1.165, 1.54) is 16.7 Å². The zero-order chi connectivity index (χ0) is 29.1. The molecule has 0 saturated carbocycles. The van der Waals surface area contributed by atoms with Gasteiger partial charge in [-0.25, -0.2) is 4.79 Å². The Morgan fingerprint density at radius 1 is 0.951 bits per heavy atom. The van der Waals surface area contributed by atoms with Gasteiger partial charge in [-0.3, -0.25) is 4.90 Å². The van der Waals surface area contributed by atoms with Gasteiger partial charge in [0.15, 0.2) is 0 Å². The van der Waals surface area contributed by atoms with Crippen LogP contribution in [0.2, 0.25) is 0 Å². The Hall–Kier alpha value is -2.84. The van der Waals surface area contributed by atoms with Crippen LogP contribution in [0.25, 0.3) is 0 Å². The summed E-state index contributed by atoms with van der Waals surface area (Å²) in [6, 6.07) is 32.3. The molecular formula is C34H45N3O3S. The Morgan fingerprint density at radius 2 is 1.49 bits per heavy atom. The lowest BCUT2D eigenvalue weighted by molar-refractivity contribution is 0.0478. The highest BCUT2D eigenvalue weighted by atomic mass is 32.2. The smallest absolute Gasteiger partial charge is 0.407 e. The second kappa shape index (κ2) is 14.9. The number of amides is 1. The van der Waals surface area contributed by atoms with Crippen molar-refractivity contribution in [2.45, 2.75) is 49.6 Å². The van der Waals surface area contributed by atoms with Crippen molar-refractivity contribution in [3.63, 3.8) is 0 Å². The molecule has 0 bridgehead atoms. The van der Waals surface area contributed by atoms with Gasteiger partial charge in [-0.1, -0.05) is 91.0 Å². The van der Waals surface area contributed by atoms with E-state index in [1.807, 2.05) is 32.5 Å². The molecule has 2 atom stereocenters. The van der Waals surface area contributed by atoms with Crippen LogP contribution in [0.5, 0.6) is 0 Å². The van der Waals surface area contributed by atoms with E-state index in [4.69, 9.17) is 9.47 Å². The van der Waals surface area contributed by atoms with Crippen LogP contribution in [-0.2, 0) is 14.2 Å². The summed E-state index contributed by atoms with van der Waals surface area (Å²) < 4.78 is 10.7. The summed E-state index contributed by atoms with van der Waals surface area (Å²) in [6.07, 6.45) is 0.564. The average Bonchev–Trinajstić information content (AvgIpc) is 2.97. The minimum Gasteiger partial charge on any atom is -0.444 e. The number of hydrogen-bond donors (Lipinski definition) is 2. The molecule has 0 radical (unpaired) electrons. The number of carbonyl (C=O) groups is 1. The highest BCUT2D eigenvalue weighted by Gasteiger charge is 2.38. The minimum atomic E-state index is -0.570.